The van der Waals surface area contributed by atoms with Gasteiger partial charge in [-0.05, 0) is 6.42 Å². The maximum Gasteiger partial charge on any atom is 0.414 e. The van der Waals surface area contributed by atoms with Crippen molar-refractivity contribution in [2.24, 2.45) is 5.92 Å². The molecule has 0 aromatic heterocycles. The molecule has 7 nitrogen and oxygen atoms in total. The highest BCUT2D eigenvalue weighted by atomic mass is 19.1. The quantitative estimate of drug-likeness (QED) is 0.880. The number of nitriles is 1. The van der Waals surface area contributed by atoms with E-state index in [1.165, 1.54) is 11.8 Å². The number of hydrogen-bond acceptors (Lipinski definition) is 5. The third-order valence-corrected chi connectivity index (χ3v) is 4.45. The molecule has 0 radical (unpaired) electrons. The van der Waals surface area contributed by atoms with Crippen LogP contribution in [0, 0.1) is 28.9 Å². The van der Waals surface area contributed by atoms with Crippen molar-refractivity contribution >= 4 is 23.4 Å². The van der Waals surface area contributed by atoms with Gasteiger partial charge in [-0.1, -0.05) is 0 Å². The van der Waals surface area contributed by atoms with Crippen LogP contribution in [0.2, 0.25) is 0 Å². The van der Waals surface area contributed by atoms with Crippen LogP contribution in [-0.4, -0.2) is 44.3 Å². The smallest absolute Gasteiger partial charge is 0.414 e. The maximum absolute atomic E-state index is 14.5. The topological polar surface area (TPSA) is 85.7 Å². The fourth-order valence-corrected chi connectivity index (χ4v) is 3.18. The Hall–Kier alpha value is -2.89. The van der Waals surface area contributed by atoms with Gasteiger partial charge in [-0.3, -0.25) is 9.69 Å². The van der Waals surface area contributed by atoms with Crippen molar-refractivity contribution in [2.75, 3.05) is 36.0 Å². The summed E-state index contributed by atoms with van der Waals surface area (Å²) in [6, 6.07) is 4.27. The largest absolute Gasteiger partial charge is 0.442 e. The molecule has 3 rings (SSSR count). The van der Waals surface area contributed by atoms with Crippen LogP contribution in [0.5, 0.6) is 0 Å². The van der Waals surface area contributed by atoms with E-state index in [4.69, 9.17) is 10.00 Å². The van der Waals surface area contributed by atoms with Gasteiger partial charge in [-0.25, -0.2) is 13.6 Å². The molecule has 26 heavy (non-hydrogen) atoms. The highest BCUT2D eigenvalue weighted by Gasteiger charge is 2.34. The first kappa shape index (κ1) is 17.9. The summed E-state index contributed by atoms with van der Waals surface area (Å²) in [5, 5.41) is 11.5. The minimum absolute atomic E-state index is 0.0510. The van der Waals surface area contributed by atoms with E-state index in [-0.39, 0.29) is 42.8 Å². The van der Waals surface area contributed by atoms with E-state index >= 15 is 0 Å². The second-order valence-electron chi connectivity index (χ2n) is 6.37. The van der Waals surface area contributed by atoms with E-state index in [0.717, 1.165) is 17.0 Å². The van der Waals surface area contributed by atoms with Crippen LogP contribution in [0.4, 0.5) is 25.0 Å². The third-order valence-electron chi connectivity index (χ3n) is 4.45. The summed E-state index contributed by atoms with van der Waals surface area (Å²) < 4.78 is 34.1. The number of carbonyl (C=O) groups excluding carboxylic acids is 2. The lowest BCUT2D eigenvalue weighted by atomic mass is 10.1. The first-order valence-electron chi connectivity index (χ1n) is 8.25. The van der Waals surface area contributed by atoms with Gasteiger partial charge in [0.1, 0.15) is 11.8 Å². The van der Waals surface area contributed by atoms with Crippen LogP contribution in [0.1, 0.15) is 13.3 Å². The van der Waals surface area contributed by atoms with Crippen molar-refractivity contribution in [2.45, 2.75) is 19.4 Å². The SMILES string of the molecule is CC(=O)NC[C@H]1CN(c2cc(F)c(N3CC[C@H](C#N)C3)c(F)c2)C(=O)O1. The van der Waals surface area contributed by atoms with E-state index in [1.54, 1.807) is 0 Å². The summed E-state index contributed by atoms with van der Waals surface area (Å²) in [5.74, 6) is -2.10. The number of anilines is 2. The molecule has 0 unspecified atom stereocenters. The average Bonchev–Trinajstić information content (AvgIpc) is 3.19. The Balaban J connectivity index is 1.77. The number of carbonyl (C=O) groups is 2. The molecule has 0 spiro atoms. The van der Waals surface area contributed by atoms with Crippen molar-refractivity contribution in [3.63, 3.8) is 0 Å². The van der Waals surface area contributed by atoms with E-state index in [1.807, 2.05) is 0 Å². The van der Waals surface area contributed by atoms with Crippen molar-refractivity contribution in [1.29, 1.82) is 5.26 Å². The van der Waals surface area contributed by atoms with Crippen LogP contribution in [0.3, 0.4) is 0 Å². The van der Waals surface area contributed by atoms with Gasteiger partial charge in [0, 0.05) is 32.1 Å². The number of benzene rings is 1. The fourth-order valence-electron chi connectivity index (χ4n) is 3.18. The molecule has 2 saturated heterocycles. The lowest BCUT2D eigenvalue weighted by molar-refractivity contribution is -0.119. The molecule has 2 fully saturated rings. The third kappa shape index (κ3) is 3.54. The molecule has 2 heterocycles. The Labute approximate surface area is 149 Å². The Morgan fingerprint density at radius 2 is 2.08 bits per heavy atom. The molecule has 0 bridgehead atoms. The number of amides is 2. The lowest BCUT2D eigenvalue weighted by Gasteiger charge is -2.21. The number of halogens is 2. The summed E-state index contributed by atoms with van der Waals surface area (Å²) in [6.07, 6.45) is -0.759. The normalized spacial score (nSPS) is 22.3. The van der Waals surface area contributed by atoms with Crippen LogP contribution in [-0.2, 0) is 9.53 Å². The molecule has 2 atom stereocenters. The van der Waals surface area contributed by atoms with Crippen molar-refractivity contribution in [3.8, 4) is 6.07 Å². The standard InChI is InChI=1S/C17H18F2N4O3/c1-10(24)21-7-13-9-23(17(25)26-13)12-4-14(18)16(15(19)5-12)22-3-2-11(6-20)8-22/h4-5,11,13H,2-3,7-9H2,1H3,(H,21,24)/t11-,13+/m1/s1. The van der Waals surface area contributed by atoms with E-state index in [9.17, 15) is 18.4 Å². The zero-order valence-corrected chi connectivity index (χ0v) is 14.2. The van der Waals surface area contributed by atoms with Gasteiger partial charge in [-0.15, -0.1) is 0 Å². The molecule has 0 saturated carbocycles. The number of nitrogens with one attached hydrogen (secondary N) is 1. The summed E-state index contributed by atoms with van der Waals surface area (Å²) in [5.41, 5.74) is -0.135. The van der Waals surface area contributed by atoms with Gasteiger partial charge in [-0.2, -0.15) is 5.26 Å². The number of cyclic esters (lactones) is 1. The van der Waals surface area contributed by atoms with E-state index in [2.05, 4.69) is 11.4 Å². The van der Waals surface area contributed by atoms with E-state index in [0.29, 0.717) is 13.0 Å². The van der Waals surface area contributed by atoms with Gasteiger partial charge >= 0.3 is 6.09 Å². The Bertz CT molecular complexity index is 757. The Morgan fingerprint density at radius 1 is 1.38 bits per heavy atom. The van der Waals surface area contributed by atoms with Gasteiger partial charge in [0.05, 0.1) is 30.8 Å². The summed E-state index contributed by atoms with van der Waals surface area (Å²) in [7, 11) is 0. The molecule has 1 aromatic rings. The van der Waals surface area contributed by atoms with Gasteiger partial charge in [0.2, 0.25) is 5.91 Å². The van der Waals surface area contributed by atoms with Crippen LogP contribution >= 0.6 is 0 Å². The summed E-state index contributed by atoms with van der Waals surface area (Å²) >= 11 is 0. The predicted octanol–water partition coefficient (Wildman–Crippen LogP) is 1.78. The zero-order chi connectivity index (χ0) is 18.8. The number of ether oxygens (including phenoxy) is 1. The molecule has 1 aromatic carbocycles. The van der Waals surface area contributed by atoms with E-state index < -0.39 is 23.8 Å². The molecular formula is C17H18F2N4O3. The summed E-state index contributed by atoms with van der Waals surface area (Å²) in [6.45, 7) is 2.22. The van der Waals surface area contributed by atoms with Crippen molar-refractivity contribution in [1.82, 2.24) is 5.32 Å². The monoisotopic (exact) mass is 364 g/mol. The molecule has 0 aliphatic carbocycles. The van der Waals surface area contributed by atoms with Crippen molar-refractivity contribution in [3.05, 3.63) is 23.8 Å². The van der Waals surface area contributed by atoms with Crippen LogP contribution in [0.25, 0.3) is 0 Å². The molecule has 2 aliphatic rings. The highest BCUT2D eigenvalue weighted by molar-refractivity contribution is 5.90. The number of hydrogen-bond donors (Lipinski definition) is 1. The number of nitrogens with zero attached hydrogens (tertiary/aromatic N) is 3. The first-order valence-corrected chi connectivity index (χ1v) is 8.25. The molecule has 2 amide bonds. The van der Waals surface area contributed by atoms with Gasteiger partial charge in [0.25, 0.3) is 0 Å². The Kier molecular flexibility index (Phi) is 4.93. The molecular weight excluding hydrogens is 346 g/mol. The zero-order valence-electron chi connectivity index (χ0n) is 14.2. The number of rotatable bonds is 4. The van der Waals surface area contributed by atoms with Crippen LogP contribution < -0.4 is 15.1 Å². The predicted molar refractivity (Wildman–Crippen MR) is 88.6 cm³/mol. The maximum atomic E-state index is 14.5. The second-order valence-corrected chi connectivity index (χ2v) is 6.37. The van der Waals surface area contributed by atoms with Gasteiger partial charge in [0.15, 0.2) is 11.6 Å². The average molecular weight is 364 g/mol. The minimum Gasteiger partial charge on any atom is -0.442 e. The molecule has 2 aliphatic heterocycles. The second kappa shape index (κ2) is 7.15. The molecule has 1 N–H and O–H groups in total. The molecule has 9 heteroatoms. The fraction of sp³-hybridized carbons (Fsp3) is 0.471. The summed E-state index contributed by atoms with van der Waals surface area (Å²) in [4.78, 5) is 25.6. The Morgan fingerprint density at radius 3 is 2.65 bits per heavy atom. The first-order chi connectivity index (χ1) is 12.4. The van der Waals surface area contributed by atoms with Gasteiger partial charge < -0.3 is 15.0 Å². The van der Waals surface area contributed by atoms with Crippen molar-refractivity contribution < 1.29 is 23.1 Å². The highest BCUT2D eigenvalue weighted by Crippen LogP contribution is 2.33. The molecule has 138 valence electrons. The minimum atomic E-state index is -0.795. The van der Waals surface area contributed by atoms with Crippen LogP contribution in [0.15, 0.2) is 12.1 Å². The lowest BCUT2D eigenvalue weighted by Crippen LogP contribution is -2.33.